The molecule has 0 radical (unpaired) electrons. The number of halogens is 2. The highest BCUT2D eigenvalue weighted by Crippen LogP contribution is 2.35. The Balaban J connectivity index is 1.12. The number of aliphatic hydroxyl groups excluding tert-OH is 2. The minimum atomic E-state index is -3.47. The largest absolute Gasteiger partial charge is 0.495 e. The number of rotatable bonds is 10. The third-order valence-electron chi connectivity index (χ3n) is 8.73. The topological polar surface area (TPSA) is 169 Å². The normalized spacial score (nSPS) is 20.4. The minimum absolute atomic E-state index is 0.00499. The van der Waals surface area contributed by atoms with Gasteiger partial charge in [0.15, 0.2) is 18.0 Å². The predicted molar refractivity (Wildman–Crippen MR) is 168 cm³/mol. The summed E-state index contributed by atoms with van der Waals surface area (Å²) in [7, 11) is 1.63. The standard InChI is InChI=1S/C32H36F2N8O6/c1-46-27-13-22(3-4-24(27)41-10-8-40(9-11-41)23-16-47-17-23)38-31-37-19-36-29(39-31)20-2-5-26(21(12-20)14-35)48-28-6-7-42(18-32(28,33)34)30(45)25(44)15-43/h2-5,12-13,19,23,25,28,43-44H,6-11,15-18H2,1H3,(H,36,37,38,39). The van der Waals surface area contributed by atoms with Gasteiger partial charge in [-0.15, -0.1) is 0 Å². The Labute approximate surface area is 275 Å². The monoisotopic (exact) mass is 666 g/mol. The van der Waals surface area contributed by atoms with Crippen LogP contribution in [0.1, 0.15) is 12.0 Å². The first-order chi connectivity index (χ1) is 23.2. The van der Waals surface area contributed by atoms with E-state index in [2.05, 4.69) is 30.1 Å². The van der Waals surface area contributed by atoms with Crippen molar-refractivity contribution in [3.8, 4) is 29.0 Å². The van der Waals surface area contributed by atoms with Gasteiger partial charge in [-0.05, 0) is 30.3 Å². The number of aliphatic hydroxyl groups is 2. The maximum Gasteiger partial charge on any atom is 0.301 e. The van der Waals surface area contributed by atoms with Gasteiger partial charge in [-0.1, -0.05) is 0 Å². The van der Waals surface area contributed by atoms with Crippen molar-refractivity contribution in [2.45, 2.75) is 30.6 Å². The number of methoxy groups -OCH3 is 1. The van der Waals surface area contributed by atoms with Crippen LogP contribution in [0, 0.1) is 11.3 Å². The van der Waals surface area contributed by atoms with Crippen molar-refractivity contribution in [2.24, 2.45) is 0 Å². The molecular formula is C32H36F2N8O6. The van der Waals surface area contributed by atoms with Gasteiger partial charge in [-0.3, -0.25) is 9.69 Å². The van der Waals surface area contributed by atoms with Crippen LogP contribution >= 0.6 is 0 Å². The molecule has 3 aliphatic heterocycles. The Bertz CT molecular complexity index is 1660. The molecule has 0 aliphatic carbocycles. The molecule has 2 atom stereocenters. The molecule has 2 aromatic carbocycles. The maximum atomic E-state index is 15.0. The second-order valence-electron chi connectivity index (χ2n) is 11.8. The Morgan fingerprint density at radius 3 is 2.60 bits per heavy atom. The number of hydrogen-bond donors (Lipinski definition) is 3. The van der Waals surface area contributed by atoms with E-state index >= 15 is 0 Å². The number of carbonyl (C=O) groups is 1. The van der Waals surface area contributed by atoms with Crippen molar-refractivity contribution < 1.29 is 38.0 Å². The number of carbonyl (C=O) groups excluding carboxylic acids is 1. The van der Waals surface area contributed by atoms with E-state index < -0.39 is 37.2 Å². The lowest BCUT2D eigenvalue weighted by atomic mass is 10.0. The molecule has 3 aromatic rings. The van der Waals surface area contributed by atoms with Gasteiger partial charge in [0.1, 0.15) is 23.9 Å². The Kier molecular flexibility index (Phi) is 9.83. The van der Waals surface area contributed by atoms with Gasteiger partial charge in [-0.2, -0.15) is 10.2 Å². The fraction of sp³-hybridized carbons (Fsp3) is 0.469. The van der Waals surface area contributed by atoms with Gasteiger partial charge in [0.25, 0.3) is 5.91 Å². The number of anilines is 3. The Morgan fingerprint density at radius 1 is 1.15 bits per heavy atom. The Hall–Kier alpha value is -4.69. The zero-order valence-corrected chi connectivity index (χ0v) is 26.3. The van der Waals surface area contributed by atoms with E-state index in [-0.39, 0.29) is 36.1 Å². The summed E-state index contributed by atoms with van der Waals surface area (Å²) in [6.45, 7) is 3.30. The summed E-state index contributed by atoms with van der Waals surface area (Å²) < 4.78 is 46.6. The molecule has 3 saturated heterocycles. The molecule has 0 bridgehead atoms. The summed E-state index contributed by atoms with van der Waals surface area (Å²) in [6, 6.07) is 12.7. The van der Waals surface area contributed by atoms with E-state index in [0.29, 0.717) is 23.0 Å². The number of piperazine rings is 1. The number of nitriles is 1. The molecule has 1 aromatic heterocycles. The molecule has 1 amide bonds. The van der Waals surface area contributed by atoms with Crippen LogP contribution in [0.25, 0.3) is 11.4 Å². The molecule has 2 unspecified atom stereocenters. The molecule has 3 fully saturated rings. The first kappa shape index (κ1) is 33.2. The van der Waals surface area contributed by atoms with E-state index in [1.54, 1.807) is 13.2 Å². The van der Waals surface area contributed by atoms with Gasteiger partial charge < -0.3 is 39.5 Å². The van der Waals surface area contributed by atoms with Crippen LogP contribution in [0.5, 0.6) is 11.5 Å². The first-order valence-corrected chi connectivity index (χ1v) is 15.6. The quantitative estimate of drug-likeness (QED) is 0.286. The third kappa shape index (κ3) is 7.09. The molecule has 16 heteroatoms. The van der Waals surface area contributed by atoms with Crippen LogP contribution in [0.15, 0.2) is 42.7 Å². The van der Waals surface area contributed by atoms with Crippen molar-refractivity contribution >= 4 is 23.2 Å². The van der Waals surface area contributed by atoms with Crippen molar-refractivity contribution in [1.29, 1.82) is 5.26 Å². The molecule has 3 N–H and O–H groups in total. The summed E-state index contributed by atoms with van der Waals surface area (Å²) in [5, 5.41) is 31.5. The Morgan fingerprint density at radius 2 is 1.94 bits per heavy atom. The number of alkyl halides is 2. The van der Waals surface area contributed by atoms with E-state index in [1.165, 1.54) is 18.5 Å². The predicted octanol–water partition coefficient (Wildman–Crippen LogP) is 1.65. The molecule has 4 heterocycles. The van der Waals surface area contributed by atoms with Crippen molar-refractivity contribution in [1.82, 2.24) is 24.8 Å². The number of nitrogens with zero attached hydrogens (tertiary/aromatic N) is 7. The van der Waals surface area contributed by atoms with Gasteiger partial charge in [0, 0.05) is 56.5 Å². The molecule has 0 spiro atoms. The molecule has 3 aliphatic rings. The zero-order valence-electron chi connectivity index (χ0n) is 26.3. The van der Waals surface area contributed by atoms with Crippen LogP contribution in [-0.4, -0.2) is 131 Å². The fourth-order valence-electron chi connectivity index (χ4n) is 5.96. The highest BCUT2D eigenvalue weighted by Gasteiger charge is 2.48. The highest BCUT2D eigenvalue weighted by molar-refractivity contribution is 5.81. The van der Waals surface area contributed by atoms with Crippen molar-refractivity contribution in [2.75, 3.05) is 76.4 Å². The highest BCUT2D eigenvalue weighted by atomic mass is 19.3. The first-order valence-electron chi connectivity index (χ1n) is 15.6. The molecular weight excluding hydrogens is 630 g/mol. The minimum Gasteiger partial charge on any atom is -0.495 e. The fourth-order valence-corrected chi connectivity index (χ4v) is 5.96. The summed E-state index contributed by atoms with van der Waals surface area (Å²) in [4.78, 5) is 30.6. The van der Waals surface area contributed by atoms with Gasteiger partial charge in [0.2, 0.25) is 5.95 Å². The second kappa shape index (κ2) is 14.2. The third-order valence-corrected chi connectivity index (χ3v) is 8.73. The number of aromatic nitrogens is 3. The van der Waals surface area contributed by atoms with Crippen LogP contribution in [0.4, 0.5) is 26.1 Å². The maximum absolute atomic E-state index is 15.0. The van der Waals surface area contributed by atoms with Crippen LogP contribution < -0.4 is 19.7 Å². The molecule has 0 saturated carbocycles. The zero-order chi connectivity index (χ0) is 33.8. The SMILES string of the molecule is COc1cc(Nc2ncnc(-c3ccc(OC4CCN(C(=O)C(O)CO)CC4(F)F)c(C#N)c3)n2)ccc1N1CCN(C2COC2)CC1. The van der Waals surface area contributed by atoms with Gasteiger partial charge in [0.05, 0.1) is 50.8 Å². The smallest absolute Gasteiger partial charge is 0.301 e. The number of amides is 1. The van der Waals surface area contributed by atoms with Crippen molar-refractivity contribution in [3.05, 3.63) is 48.3 Å². The lowest BCUT2D eigenvalue weighted by molar-refractivity contribution is -0.167. The second-order valence-corrected chi connectivity index (χ2v) is 11.8. The molecule has 48 heavy (non-hydrogen) atoms. The number of benzene rings is 2. The van der Waals surface area contributed by atoms with E-state index in [1.807, 2.05) is 24.3 Å². The van der Waals surface area contributed by atoms with Gasteiger partial charge >= 0.3 is 5.92 Å². The van der Waals surface area contributed by atoms with Crippen LogP contribution in [0.3, 0.4) is 0 Å². The average molecular weight is 667 g/mol. The number of ether oxygens (including phenoxy) is 3. The number of likely N-dealkylation sites (tertiary alicyclic amines) is 1. The van der Waals surface area contributed by atoms with E-state index in [9.17, 15) is 23.9 Å². The molecule has 254 valence electrons. The summed E-state index contributed by atoms with van der Waals surface area (Å²) in [5.41, 5.74) is 2.12. The summed E-state index contributed by atoms with van der Waals surface area (Å²) >= 11 is 0. The van der Waals surface area contributed by atoms with E-state index in [0.717, 1.165) is 50.0 Å². The average Bonchev–Trinajstić information content (AvgIpc) is 3.08. The summed E-state index contributed by atoms with van der Waals surface area (Å²) in [5.74, 6) is -3.31. The number of hydrogen-bond acceptors (Lipinski definition) is 13. The van der Waals surface area contributed by atoms with Gasteiger partial charge in [-0.25, -0.2) is 18.7 Å². The summed E-state index contributed by atoms with van der Waals surface area (Å²) in [6.07, 6.45) is -2.31. The lowest BCUT2D eigenvalue weighted by Crippen LogP contribution is -2.57. The van der Waals surface area contributed by atoms with Crippen LogP contribution in [-0.2, 0) is 9.53 Å². The number of piperidine rings is 1. The molecule has 14 nitrogen and oxygen atoms in total. The lowest BCUT2D eigenvalue weighted by Gasteiger charge is -2.43. The van der Waals surface area contributed by atoms with E-state index in [4.69, 9.17) is 19.3 Å². The molecule has 6 rings (SSSR count). The van der Waals surface area contributed by atoms with Crippen molar-refractivity contribution in [3.63, 3.8) is 0 Å². The number of nitrogens with one attached hydrogen (secondary N) is 1. The van der Waals surface area contributed by atoms with Crippen LogP contribution in [0.2, 0.25) is 0 Å².